The molecule has 1 unspecified atom stereocenters. The van der Waals surface area contributed by atoms with Gasteiger partial charge in [0.1, 0.15) is 0 Å². The summed E-state index contributed by atoms with van der Waals surface area (Å²) in [5, 5.41) is 6.96. The van der Waals surface area contributed by atoms with Crippen LogP contribution in [0.5, 0.6) is 0 Å². The van der Waals surface area contributed by atoms with Crippen LogP contribution in [0.3, 0.4) is 0 Å². The number of aliphatic imine (C=N–C) groups is 1. The number of hydrogen-bond acceptors (Lipinski definition) is 3. The van der Waals surface area contributed by atoms with E-state index in [0.29, 0.717) is 6.04 Å². The van der Waals surface area contributed by atoms with Crippen LogP contribution in [0.15, 0.2) is 4.99 Å². The Hall–Kier alpha value is -0.570. The second-order valence-electron chi connectivity index (χ2n) is 3.96. The molecule has 0 aromatic carbocycles. The third-order valence-electron chi connectivity index (χ3n) is 2.84. The lowest BCUT2D eigenvalue weighted by atomic mass is 10.1. The number of rotatable bonds is 2. The number of piperidine rings is 1. The van der Waals surface area contributed by atoms with Crippen molar-refractivity contribution in [1.82, 2.24) is 10.6 Å². The highest BCUT2D eigenvalue weighted by molar-refractivity contribution is 5.83. The molecule has 3 nitrogen and oxygen atoms in total. The summed E-state index contributed by atoms with van der Waals surface area (Å²) in [6.07, 6.45) is 6.44. The number of hydrogen-bond donors (Lipinski definition) is 2. The van der Waals surface area contributed by atoms with Crippen LogP contribution in [-0.2, 0) is 0 Å². The zero-order chi connectivity index (χ0) is 8.93. The Bertz CT molecular complexity index is 183. The highest BCUT2D eigenvalue weighted by Gasteiger charge is 2.13. The third kappa shape index (κ3) is 2.69. The van der Waals surface area contributed by atoms with Gasteiger partial charge in [-0.25, -0.2) is 0 Å². The van der Waals surface area contributed by atoms with Gasteiger partial charge in [-0.1, -0.05) is 6.42 Å². The van der Waals surface area contributed by atoms with E-state index in [0.717, 1.165) is 19.5 Å². The molecule has 0 aromatic heterocycles. The predicted molar refractivity (Wildman–Crippen MR) is 55.2 cm³/mol. The van der Waals surface area contributed by atoms with Gasteiger partial charge in [0.25, 0.3) is 0 Å². The Balaban J connectivity index is 1.66. The van der Waals surface area contributed by atoms with E-state index < -0.39 is 0 Å². The van der Waals surface area contributed by atoms with E-state index in [1.165, 1.54) is 38.1 Å². The molecule has 1 saturated heterocycles. The molecule has 13 heavy (non-hydrogen) atoms. The van der Waals surface area contributed by atoms with Crippen molar-refractivity contribution in [2.24, 2.45) is 4.99 Å². The van der Waals surface area contributed by atoms with Gasteiger partial charge < -0.3 is 10.6 Å². The van der Waals surface area contributed by atoms with E-state index in [1.54, 1.807) is 0 Å². The lowest BCUT2D eigenvalue weighted by Crippen LogP contribution is -2.43. The molecular formula is C10H19N3. The summed E-state index contributed by atoms with van der Waals surface area (Å²) >= 11 is 0. The first-order valence-corrected chi connectivity index (χ1v) is 5.46. The highest BCUT2D eigenvalue weighted by atomic mass is 15.0. The monoisotopic (exact) mass is 181 g/mol. The van der Waals surface area contributed by atoms with Crippen molar-refractivity contribution >= 4 is 5.84 Å². The van der Waals surface area contributed by atoms with Crippen LogP contribution in [0.4, 0.5) is 0 Å². The molecule has 0 bridgehead atoms. The zero-order valence-electron chi connectivity index (χ0n) is 8.18. The third-order valence-corrected chi connectivity index (χ3v) is 2.84. The van der Waals surface area contributed by atoms with Crippen LogP contribution in [0.1, 0.15) is 32.1 Å². The van der Waals surface area contributed by atoms with Gasteiger partial charge in [-0.15, -0.1) is 0 Å². The van der Waals surface area contributed by atoms with Crippen molar-refractivity contribution in [2.75, 3.05) is 19.6 Å². The molecule has 0 aromatic rings. The molecule has 2 aliphatic rings. The second kappa shape index (κ2) is 4.61. The first-order chi connectivity index (χ1) is 6.45. The molecule has 2 aliphatic heterocycles. The fraction of sp³-hybridized carbons (Fsp3) is 0.900. The van der Waals surface area contributed by atoms with E-state index in [2.05, 4.69) is 15.6 Å². The molecule has 0 amide bonds. The van der Waals surface area contributed by atoms with Gasteiger partial charge in [0, 0.05) is 25.6 Å². The predicted octanol–water partition coefficient (Wildman–Crippen LogP) is 0.910. The van der Waals surface area contributed by atoms with Gasteiger partial charge in [-0.05, 0) is 25.8 Å². The molecule has 0 radical (unpaired) electrons. The highest BCUT2D eigenvalue weighted by Crippen LogP contribution is 2.07. The molecule has 74 valence electrons. The molecule has 0 spiro atoms. The summed E-state index contributed by atoms with van der Waals surface area (Å²) in [6.45, 7) is 3.29. The number of amidine groups is 1. The summed E-state index contributed by atoms with van der Waals surface area (Å²) in [4.78, 5) is 4.40. The van der Waals surface area contributed by atoms with E-state index in [-0.39, 0.29) is 0 Å². The summed E-state index contributed by atoms with van der Waals surface area (Å²) in [6, 6.07) is 0.678. The summed E-state index contributed by atoms with van der Waals surface area (Å²) in [5.41, 5.74) is 0. The maximum Gasteiger partial charge on any atom is 0.0964 e. The Kier molecular flexibility index (Phi) is 3.19. The minimum atomic E-state index is 0.678. The van der Waals surface area contributed by atoms with Gasteiger partial charge in [0.15, 0.2) is 0 Å². The number of nitrogens with one attached hydrogen (secondary N) is 2. The summed E-state index contributed by atoms with van der Waals surface area (Å²) in [5.74, 6) is 1.23. The van der Waals surface area contributed by atoms with Gasteiger partial charge in [0.05, 0.1) is 5.84 Å². The van der Waals surface area contributed by atoms with Crippen LogP contribution in [0.2, 0.25) is 0 Å². The Morgan fingerprint density at radius 2 is 2.38 bits per heavy atom. The molecule has 2 rings (SSSR count). The van der Waals surface area contributed by atoms with Crippen LogP contribution in [0.25, 0.3) is 0 Å². The van der Waals surface area contributed by atoms with Crippen molar-refractivity contribution in [2.45, 2.75) is 38.1 Å². The molecule has 2 N–H and O–H groups in total. The van der Waals surface area contributed by atoms with E-state index >= 15 is 0 Å². The SMILES string of the molecule is C1CCC(CNC2=NCCC2)NC1. The van der Waals surface area contributed by atoms with Crippen molar-refractivity contribution in [3.8, 4) is 0 Å². The van der Waals surface area contributed by atoms with E-state index in [9.17, 15) is 0 Å². The maximum absolute atomic E-state index is 4.40. The average molecular weight is 181 g/mol. The lowest BCUT2D eigenvalue weighted by molar-refractivity contribution is 0.398. The second-order valence-corrected chi connectivity index (χ2v) is 3.96. The fourth-order valence-corrected chi connectivity index (χ4v) is 2.02. The van der Waals surface area contributed by atoms with Crippen molar-refractivity contribution in [3.05, 3.63) is 0 Å². The Labute approximate surface area is 80.0 Å². The largest absolute Gasteiger partial charge is 0.372 e. The maximum atomic E-state index is 4.40. The van der Waals surface area contributed by atoms with Crippen LogP contribution < -0.4 is 10.6 Å². The standard InChI is InChI=1S/C10H19N3/c1-2-6-11-9(4-1)8-13-10-5-3-7-12-10/h9,11H,1-8H2,(H,12,13). The van der Waals surface area contributed by atoms with Crippen molar-refractivity contribution in [1.29, 1.82) is 0 Å². The smallest absolute Gasteiger partial charge is 0.0964 e. The van der Waals surface area contributed by atoms with Gasteiger partial charge in [0.2, 0.25) is 0 Å². The van der Waals surface area contributed by atoms with Crippen LogP contribution in [0, 0.1) is 0 Å². The van der Waals surface area contributed by atoms with Crippen LogP contribution >= 0.6 is 0 Å². The quantitative estimate of drug-likeness (QED) is 0.664. The lowest BCUT2D eigenvalue weighted by Gasteiger charge is -2.23. The van der Waals surface area contributed by atoms with Gasteiger partial charge in [-0.2, -0.15) is 0 Å². The Morgan fingerprint density at radius 1 is 1.38 bits per heavy atom. The molecule has 1 atom stereocenters. The molecular weight excluding hydrogens is 162 g/mol. The minimum Gasteiger partial charge on any atom is -0.372 e. The molecule has 0 saturated carbocycles. The average Bonchev–Trinajstić information content (AvgIpc) is 2.69. The van der Waals surface area contributed by atoms with Crippen molar-refractivity contribution < 1.29 is 0 Å². The van der Waals surface area contributed by atoms with Gasteiger partial charge >= 0.3 is 0 Å². The fourth-order valence-electron chi connectivity index (χ4n) is 2.02. The van der Waals surface area contributed by atoms with E-state index in [4.69, 9.17) is 0 Å². The minimum absolute atomic E-state index is 0.678. The van der Waals surface area contributed by atoms with E-state index in [1.807, 2.05) is 0 Å². The number of nitrogens with zero attached hydrogens (tertiary/aromatic N) is 1. The normalized spacial score (nSPS) is 28.6. The summed E-state index contributed by atoms with van der Waals surface area (Å²) in [7, 11) is 0. The topological polar surface area (TPSA) is 36.4 Å². The molecule has 2 heterocycles. The Morgan fingerprint density at radius 3 is 3.08 bits per heavy atom. The molecule has 0 aliphatic carbocycles. The van der Waals surface area contributed by atoms with Crippen LogP contribution in [-0.4, -0.2) is 31.5 Å². The zero-order valence-corrected chi connectivity index (χ0v) is 8.18. The summed E-state index contributed by atoms with van der Waals surface area (Å²) < 4.78 is 0. The molecule has 3 heteroatoms. The molecule has 1 fully saturated rings. The van der Waals surface area contributed by atoms with Gasteiger partial charge in [-0.3, -0.25) is 4.99 Å². The van der Waals surface area contributed by atoms with Crippen molar-refractivity contribution in [3.63, 3.8) is 0 Å². The first-order valence-electron chi connectivity index (χ1n) is 5.46. The first kappa shape index (κ1) is 9.00.